The molecule has 150 valence electrons. The van der Waals surface area contributed by atoms with Gasteiger partial charge in [0.25, 0.3) is 5.91 Å². The molecule has 0 aliphatic heterocycles. The quantitative estimate of drug-likeness (QED) is 0.603. The number of hydrogen-bond acceptors (Lipinski definition) is 5. The van der Waals surface area contributed by atoms with Crippen LogP contribution >= 0.6 is 11.8 Å². The van der Waals surface area contributed by atoms with Crippen molar-refractivity contribution in [2.24, 2.45) is 7.05 Å². The summed E-state index contributed by atoms with van der Waals surface area (Å²) in [5.74, 6) is -0.542. The summed E-state index contributed by atoms with van der Waals surface area (Å²) in [5.41, 5.74) is 1.82. The molecular weight excluding hydrogens is 393 g/mol. The van der Waals surface area contributed by atoms with Crippen molar-refractivity contribution in [3.05, 3.63) is 71.8 Å². The summed E-state index contributed by atoms with van der Waals surface area (Å²) in [7, 11) is 3.48. The van der Waals surface area contributed by atoms with Gasteiger partial charge in [-0.2, -0.15) is 0 Å². The fourth-order valence-electron chi connectivity index (χ4n) is 2.62. The van der Waals surface area contributed by atoms with Crippen molar-refractivity contribution in [1.29, 1.82) is 0 Å². The second kappa shape index (κ2) is 9.33. The van der Waals surface area contributed by atoms with Gasteiger partial charge in [-0.25, -0.2) is 4.39 Å². The number of aryl methyl sites for hydroxylation is 1. The summed E-state index contributed by atoms with van der Waals surface area (Å²) in [6.45, 7) is 0.351. The average Bonchev–Trinajstić information content (AvgIpc) is 3.12. The minimum atomic E-state index is -0.316. The van der Waals surface area contributed by atoms with E-state index in [1.807, 2.05) is 0 Å². The highest BCUT2D eigenvalue weighted by Gasteiger charge is 2.14. The summed E-state index contributed by atoms with van der Waals surface area (Å²) >= 11 is 1.27. The predicted octanol–water partition coefficient (Wildman–Crippen LogP) is 2.96. The topological polar surface area (TPSA) is 80.1 Å². The number of amides is 2. The van der Waals surface area contributed by atoms with Gasteiger partial charge in [-0.3, -0.25) is 9.59 Å². The van der Waals surface area contributed by atoms with Crippen LogP contribution in [0.4, 0.5) is 10.1 Å². The van der Waals surface area contributed by atoms with Crippen LogP contribution in [-0.4, -0.2) is 44.3 Å². The van der Waals surface area contributed by atoms with Crippen LogP contribution in [-0.2, 0) is 18.4 Å². The van der Waals surface area contributed by atoms with E-state index in [0.29, 0.717) is 23.0 Å². The Hall–Kier alpha value is -3.20. The highest BCUT2D eigenvalue weighted by molar-refractivity contribution is 7.99. The molecule has 0 radical (unpaired) electrons. The number of hydrogen-bond donors (Lipinski definition) is 1. The zero-order chi connectivity index (χ0) is 20.8. The van der Waals surface area contributed by atoms with E-state index in [4.69, 9.17) is 0 Å². The molecule has 3 rings (SSSR count). The molecular formula is C20H20FN5O2S. The van der Waals surface area contributed by atoms with E-state index in [0.717, 1.165) is 5.56 Å². The second-order valence-electron chi connectivity index (χ2n) is 6.43. The third kappa shape index (κ3) is 5.64. The molecule has 7 nitrogen and oxygen atoms in total. The molecule has 3 aromatic rings. The van der Waals surface area contributed by atoms with Crippen LogP contribution in [0.15, 0.2) is 60.0 Å². The Kier molecular flexibility index (Phi) is 6.61. The van der Waals surface area contributed by atoms with E-state index in [9.17, 15) is 14.0 Å². The van der Waals surface area contributed by atoms with Gasteiger partial charge in [-0.15, -0.1) is 10.2 Å². The van der Waals surface area contributed by atoms with Gasteiger partial charge >= 0.3 is 0 Å². The molecule has 1 heterocycles. The Bertz CT molecular complexity index is 1010. The number of rotatable bonds is 7. The molecule has 0 aliphatic carbocycles. The van der Waals surface area contributed by atoms with Crippen LogP contribution < -0.4 is 5.32 Å². The maximum atomic E-state index is 13.0. The van der Waals surface area contributed by atoms with Crippen molar-refractivity contribution in [2.75, 3.05) is 18.1 Å². The summed E-state index contributed by atoms with van der Waals surface area (Å²) in [6, 6.07) is 12.8. The van der Waals surface area contributed by atoms with Crippen molar-refractivity contribution in [3.8, 4) is 0 Å². The van der Waals surface area contributed by atoms with E-state index >= 15 is 0 Å². The number of anilines is 1. The fraction of sp³-hybridized carbons (Fsp3) is 0.200. The average molecular weight is 413 g/mol. The number of thioether (sulfide) groups is 1. The van der Waals surface area contributed by atoms with Crippen LogP contribution in [0.2, 0.25) is 0 Å². The van der Waals surface area contributed by atoms with E-state index in [2.05, 4.69) is 15.5 Å². The standard InChI is InChI=1S/C20H20FN5O2S/c1-25(11-14-6-8-16(21)9-7-14)19(28)15-4-3-5-17(10-15)23-18(27)12-29-20-24-22-13-26(20)2/h3-10,13H,11-12H2,1-2H3,(H,23,27). The molecule has 0 unspecified atom stereocenters. The van der Waals surface area contributed by atoms with Gasteiger partial charge in [-0.1, -0.05) is 30.0 Å². The lowest BCUT2D eigenvalue weighted by Gasteiger charge is -2.18. The van der Waals surface area contributed by atoms with Crippen LogP contribution in [0.3, 0.4) is 0 Å². The largest absolute Gasteiger partial charge is 0.337 e. The molecule has 2 aromatic carbocycles. The molecule has 0 saturated heterocycles. The summed E-state index contributed by atoms with van der Waals surface area (Å²) in [4.78, 5) is 26.4. The van der Waals surface area contributed by atoms with Crippen LogP contribution in [0.25, 0.3) is 0 Å². The lowest BCUT2D eigenvalue weighted by molar-refractivity contribution is -0.113. The molecule has 1 N–H and O–H groups in total. The normalized spacial score (nSPS) is 10.6. The van der Waals surface area contributed by atoms with E-state index in [1.54, 1.807) is 61.4 Å². The summed E-state index contributed by atoms with van der Waals surface area (Å²) in [5, 5.41) is 11.1. The molecule has 29 heavy (non-hydrogen) atoms. The number of halogens is 1. The molecule has 1 aromatic heterocycles. The monoisotopic (exact) mass is 413 g/mol. The first kappa shape index (κ1) is 20.5. The number of nitrogens with one attached hydrogen (secondary N) is 1. The zero-order valence-corrected chi connectivity index (χ0v) is 16.8. The molecule has 0 fully saturated rings. The van der Waals surface area contributed by atoms with Crippen molar-refractivity contribution in [1.82, 2.24) is 19.7 Å². The van der Waals surface area contributed by atoms with Gasteiger partial charge in [0.1, 0.15) is 12.1 Å². The minimum Gasteiger partial charge on any atom is -0.337 e. The first-order valence-electron chi connectivity index (χ1n) is 8.79. The van der Waals surface area contributed by atoms with E-state index in [-0.39, 0.29) is 23.4 Å². The smallest absolute Gasteiger partial charge is 0.253 e. The highest BCUT2D eigenvalue weighted by atomic mass is 32.2. The Balaban J connectivity index is 1.59. The maximum absolute atomic E-state index is 13.0. The van der Waals surface area contributed by atoms with E-state index in [1.165, 1.54) is 28.8 Å². The van der Waals surface area contributed by atoms with Gasteiger partial charge in [0, 0.05) is 31.9 Å². The maximum Gasteiger partial charge on any atom is 0.253 e. The molecule has 0 atom stereocenters. The van der Waals surface area contributed by atoms with Crippen molar-refractivity contribution in [3.63, 3.8) is 0 Å². The van der Waals surface area contributed by atoms with E-state index < -0.39 is 0 Å². The lowest BCUT2D eigenvalue weighted by atomic mass is 10.1. The molecule has 9 heteroatoms. The van der Waals surface area contributed by atoms with Crippen molar-refractivity contribution < 1.29 is 14.0 Å². The number of benzene rings is 2. The van der Waals surface area contributed by atoms with Gasteiger partial charge < -0.3 is 14.8 Å². The Labute approximate surface area is 171 Å². The Morgan fingerprint density at radius 1 is 1.21 bits per heavy atom. The zero-order valence-electron chi connectivity index (χ0n) is 16.0. The SMILES string of the molecule is CN(Cc1ccc(F)cc1)C(=O)c1cccc(NC(=O)CSc2nncn2C)c1. The molecule has 0 aliphatic rings. The Morgan fingerprint density at radius 3 is 2.66 bits per heavy atom. The second-order valence-corrected chi connectivity index (χ2v) is 7.37. The predicted molar refractivity (Wildman–Crippen MR) is 109 cm³/mol. The number of carbonyl (C=O) groups is 2. The van der Waals surface area contributed by atoms with Crippen molar-refractivity contribution >= 4 is 29.3 Å². The molecule has 0 spiro atoms. The summed E-state index contributed by atoms with van der Waals surface area (Å²) in [6.07, 6.45) is 1.57. The van der Waals surface area contributed by atoms with Crippen molar-refractivity contribution in [2.45, 2.75) is 11.7 Å². The number of aromatic nitrogens is 3. The molecule has 0 bridgehead atoms. The molecule has 0 saturated carbocycles. The third-order valence-electron chi connectivity index (χ3n) is 4.08. The first-order chi connectivity index (χ1) is 13.9. The van der Waals surface area contributed by atoms with Gasteiger partial charge in [0.15, 0.2) is 5.16 Å². The summed E-state index contributed by atoms with van der Waals surface area (Å²) < 4.78 is 14.8. The van der Waals surface area contributed by atoms with Crippen LogP contribution in [0.1, 0.15) is 15.9 Å². The third-order valence-corrected chi connectivity index (χ3v) is 5.11. The van der Waals surface area contributed by atoms with Gasteiger partial charge in [0.05, 0.1) is 5.75 Å². The van der Waals surface area contributed by atoms with Crippen LogP contribution in [0, 0.1) is 5.82 Å². The number of nitrogens with zero attached hydrogens (tertiary/aromatic N) is 4. The van der Waals surface area contributed by atoms with Gasteiger partial charge in [0.2, 0.25) is 5.91 Å². The van der Waals surface area contributed by atoms with Gasteiger partial charge in [-0.05, 0) is 35.9 Å². The fourth-order valence-corrected chi connectivity index (χ4v) is 3.30. The minimum absolute atomic E-state index is 0.176. The first-order valence-corrected chi connectivity index (χ1v) is 9.77. The van der Waals surface area contributed by atoms with Crippen LogP contribution in [0.5, 0.6) is 0 Å². The Morgan fingerprint density at radius 2 is 1.97 bits per heavy atom. The lowest BCUT2D eigenvalue weighted by Crippen LogP contribution is -2.26. The molecule has 2 amide bonds. The highest BCUT2D eigenvalue weighted by Crippen LogP contribution is 2.17. The number of carbonyl (C=O) groups excluding carboxylic acids is 2.